The number of amides is 1. The molecule has 0 aliphatic heterocycles. The summed E-state index contributed by atoms with van der Waals surface area (Å²) in [5.74, 6) is -1.51. The first-order chi connectivity index (χ1) is 9.90. The molecule has 1 aliphatic carbocycles. The highest BCUT2D eigenvalue weighted by molar-refractivity contribution is 5.85. The molecule has 0 saturated heterocycles. The summed E-state index contributed by atoms with van der Waals surface area (Å²) in [5, 5.41) is 9.30. The zero-order valence-corrected chi connectivity index (χ0v) is 12.9. The van der Waals surface area contributed by atoms with Gasteiger partial charge < -0.3 is 10.0 Å². The van der Waals surface area contributed by atoms with Crippen molar-refractivity contribution in [1.29, 1.82) is 0 Å². The van der Waals surface area contributed by atoms with Gasteiger partial charge in [-0.3, -0.25) is 9.59 Å². The Kier molecular flexibility index (Phi) is 4.66. The van der Waals surface area contributed by atoms with Crippen molar-refractivity contribution in [2.45, 2.75) is 33.2 Å². The van der Waals surface area contributed by atoms with Crippen molar-refractivity contribution in [2.75, 3.05) is 7.05 Å². The van der Waals surface area contributed by atoms with Crippen LogP contribution in [-0.4, -0.2) is 28.9 Å². The van der Waals surface area contributed by atoms with Crippen molar-refractivity contribution in [2.24, 2.45) is 17.8 Å². The molecular formula is C17H23NO3. The molecule has 2 rings (SSSR count). The van der Waals surface area contributed by atoms with Gasteiger partial charge in [0.05, 0.1) is 11.8 Å². The van der Waals surface area contributed by atoms with Crippen molar-refractivity contribution in [3.05, 3.63) is 35.4 Å². The summed E-state index contributed by atoms with van der Waals surface area (Å²) in [6, 6.07) is 7.95. The fourth-order valence-corrected chi connectivity index (χ4v) is 3.24. The number of carboxylic acids is 1. The molecule has 1 unspecified atom stereocenters. The molecule has 1 amide bonds. The number of rotatable bonds is 4. The molecule has 0 aromatic heterocycles. The summed E-state index contributed by atoms with van der Waals surface area (Å²) in [7, 11) is 1.76. The Labute approximate surface area is 125 Å². The highest BCUT2D eigenvalue weighted by Gasteiger charge is 2.42. The summed E-state index contributed by atoms with van der Waals surface area (Å²) in [4.78, 5) is 25.6. The van der Waals surface area contributed by atoms with Crippen LogP contribution in [0, 0.1) is 24.7 Å². The topological polar surface area (TPSA) is 57.6 Å². The van der Waals surface area contributed by atoms with Gasteiger partial charge in [-0.1, -0.05) is 31.2 Å². The Hall–Kier alpha value is -1.84. The lowest BCUT2D eigenvalue weighted by molar-refractivity contribution is -0.148. The predicted octanol–water partition coefficient (Wildman–Crippen LogP) is 2.70. The van der Waals surface area contributed by atoms with E-state index in [1.54, 1.807) is 11.9 Å². The van der Waals surface area contributed by atoms with Crippen molar-refractivity contribution < 1.29 is 14.7 Å². The van der Waals surface area contributed by atoms with Gasteiger partial charge in [0.1, 0.15) is 0 Å². The van der Waals surface area contributed by atoms with Crippen LogP contribution in [-0.2, 0) is 16.1 Å². The largest absolute Gasteiger partial charge is 0.481 e. The Morgan fingerprint density at radius 1 is 1.24 bits per heavy atom. The summed E-state index contributed by atoms with van der Waals surface area (Å²) < 4.78 is 0. The van der Waals surface area contributed by atoms with E-state index in [0.29, 0.717) is 25.3 Å². The molecular weight excluding hydrogens is 266 g/mol. The van der Waals surface area contributed by atoms with Crippen molar-refractivity contribution in [1.82, 2.24) is 4.90 Å². The first-order valence-corrected chi connectivity index (χ1v) is 7.42. The zero-order valence-electron chi connectivity index (χ0n) is 12.9. The fraction of sp³-hybridized carbons (Fsp3) is 0.529. The van der Waals surface area contributed by atoms with Gasteiger partial charge in [-0.2, -0.15) is 0 Å². The lowest BCUT2D eigenvalue weighted by atomic mass is 9.94. The van der Waals surface area contributed by atoms with E-state index in [1.807, 2.05) is 38.1 Å². The number of aliphatic carboxylic acids is 1. The van der Waals surface area contributed by atoms with Gasteiger partial charge >= 0.3 is 5.97 Å². The molecule has 1 aromatic carbocycles. The number of benzene rings is 1. The second kappa shape index (κ2) is 6.29. The maximum Gasteiger partial charge on any atom is 0.307 e. The van der Waals surface area contributed by atoms with Crippen LogP contribution in [0.3, 0.4) is 0 Å². The van der Waals surface area contributed by atoms with Crippen molar-refractivity contribution in [3.8, 4) is 0 Å². The lowest BCUT2D eigenvalue weighted by Crippen LogP contribution is -2.36. The van der Waals surface area contributed by atoms with E-state index in [1.165, 1.54) is 0 Å². The number of nitrogens with zero attached hydrogens (tertiary/aromatic N) is 1. The van der Waals surface area contributed by atoms with E-state index in [0.717, 1.165) is 11.1 Å². The van der Waals surface area contributed by atoms with Crippen molar-refractivity contribution >= 4 is 11.9 Å². The highest BCUT2D eigenvalue weighted by Crippen LogP contribution is 2.37. The molecule has 3 atom stereocenters. The van der Waals surface area contributed by atoms with Crippen LogP contribution in [0.2, 0.25) is 0 Å². The number of hydrogen-bond donors (Lipinski definition) is 1. The number of hydrogen-bond acceptors (Lipinski definition) is 2. The second-order valence-electron chi connectivity index (χ2n) is 6.25. The van der Waals surface area contributed by atoms with Crippen LogP contribution in [0.4, 0.5) is 0 Å². The van der Waals surface area contributed by atoms with Crippen LogP contribution in [0.15, 0.2) is 24.3 Å². The van der Waals surface area contributed by atoms with Crippen molar-refractivity contribution in [3.63, 3.8) is 0 Å². The molecule has 1 aromatic rings. The molecule has 1 fully saturated rings. The normalized spacial score (nSPS) is 24.8. The standard InChI is InChI=1S/C17H23NO3/c1-11-8-14(15(9-11)17(20)21)16(19)18(3)10-13-7-5-4-6-12(13)2/h4-7,11,14-15H,8-10H2,1-3H3,(H,20,21)/t11?,14-,15+/m0/s1. The molecule has 21 heavy (non-hydrogen) atoms. The van der Waals surface area contributed by atoms with Gasteiger partial charge in [-0.05, 0) is 36.8 Å². The second-order valence-corrected chi connectivity index (χ2v) is 6.25. The van der Waals surface area contributed by atoms with Gasteiger partial charge in [-0.15, -0.1) is 0 Å². The summed E-state index contributed by atoms with van der Waals surface area (Å²) >= 11 is 0. The van der Waals surface area contributed by atoms with E-state index in [2.05, 4.69) is 0 Å². The van der Waals surface area contributed by atoms with Gasteiger partial charge in [0.25, 0.3) is 0 Å². The SMILES string of the molecule is Cc1ccccc1CN(C)C(=O)[C@H]1CC(C)C[C@H]1C(=O)O. The molecule has 0 spiro atoms. The maximum absolute atomic E-state index is 12.6. The number of carbonyl (C=O) groups excluding carboxylic acids is 1. The lowest BCUT2D eigenvalue weighted by Gasteiger charge is -2.24. The summed E-state index contributed by atoms with van der Waals surface area (Å²) in [5.41, 5.74) is 2.25. The van der Waals surface area contributed by atoms with Gasteiger partial charge in [0, 0.05) is 13.6 Å². The Morgan fingerprint density at radius 3 is 2.48 bits per heavy atom. The third-order valence-corrected chi connectivity index (χ3v) is 4.48. The van der Waals surface area contributed by atoms with Gasteiger partial charge in [-0.25, -0.2) is 0 Å². The predicted molar refractivity (Wildman–Crippen MR) is 80.7 cm³/mol. The molecule has 114 valence electrons. The Balaban J connectivity index is 2.08. The monoisotopic (exact) mass is 289 g/mol. The quantitative estimate of drug-likeness (QED) is 0.927. The first-order valence-electron chi connectivity index (χ1n) is 7.42. The Bertz CT molecular complexity index is 541. The number of carbonyl (C=O) groups is 2. The smallest absolute Gasteiger partial charge is 0.307 e. The molecule has 1 aliphatic rings. The average Bonchev–Trinajstić information content (AvgIpc) is 2.82. The molecule has 0 heterocycles. The minimum Gasteiger partial charge on any atom is -0.481 e. The third-order valence-electron chi connectivity index (χ3n) is 4.48. The molecule has 4 heteroatoms. The van der Waals surface area contributed by atoms with E-state index in [9.17, 15) is 14.7 Å². The number of carboxylic acid groups (broad SMARTS) is 1. The van der Waals surface area contributed by atoms with Crippen LogP contribution >= 0.6 is 0 Å². The van der Waals surface area contributed by atoms with E-state index in [-0.39, 0.29) is 11.8 Å². The summed E-state index contributed by atoms with van der Waals surface area (Å²) in [6.07, 6.45) is 1.28. The minimum atomic E-state index is -0.845. The maximum atomic E-state index is 12.6. The molecule has 0 bridgehead atoms. The first kappa shape index (κ1) is 15.5. The van der Waals surface area contributed by atoms with Crippen LogP contribution in [0.25, 0.3) is 0 Å². The summed E-state index contributed by atoms with van der Waals surface area (Å²) in [6.45, 7) is 4.57. The van der Waals surface area contributed by atoms with E-state index < -0.39 is 11.9 Å². The van der Waals surface area contributed by atoms with Crippen LogP contribution in [0.5, 0.6) is 0 Å². The minimum absolute atomic E-state index is 0.0463. The van der Waals surface area contributed by atoms with Crippen LogP contribution in [0.1, 0.15) is 30.9 Å². The van der Waals surface area contributed by atoms with Gasteiger partial charge in [0.15, 0.2) is 0 Å². The third kappa shape index (κ3) is 3.43. The Morgan fingerprint density at radius 2 is 1.86 bits per heavy atom. The van der Waals surface area contributed by atoms with Crippen LogP contribution < -0.4 is 0 Å². The van der Waals surface area contributed by atoms with Gasteiger partial charge in [0.2, 0.25) is 5.91 Å². The fourth-order valence-electron chi connectivity index (χ4n) is 3.24. The van der Waals surface area contributed by atoms with E-state index >= 15 is 0 Å². The zero-order chi connectivity index (χ0) is 15.6. The molecule has 4 nitrogen and oxygen atoms in total. The molecule has 1 saturated carbocycles. The van der Waals surface area contributed by atoms with E-state index in [4.69, 9.17) is 0 Å². The molecule has 0 radical (unpaired) electrons. The highest BCUT2D eigenvalue weighted by atomic mass is 16.4. The average molecular weight is 289 g/mol. The number of aryl methyl sites for hydroxylation is 1. The molecule has 1 N–H and O–H groups in total.